The van der Waals surface area contributed by atoms with Crippen LogP contribution in [0, 0.1) is 0 Å². The fraction of sp³-hybridized carbons (Fsp3) is 0.429. The van der Waals surface area contributed by atoms with Crippen LogP contribution in [0.3, 0.4) is 0 Å². The number of amides is 3. The van der Waals surface area contributed by atoms with Gasteiger partial charge in [-0.25, -0.2) is 4.79 Å². The van der Waals surface area contributed by atoms with Crippen LogP contribution in [0.1, 0.15) is 30.0 Å². The first-order chi connectivity index (χ1) is 8.64. The van der Waals surface area contributed by atoms with Crippen molar-refractivity contribution in [3.63, 3.8) is 0 Å². The first kappa shape index (κ1) is 11.3. The molecule has 3 rings (SSSR count). The van der Waals surface area contributed by atoms with Gasteiger partial charge in [-0.3, -0.25) is 10.1 Å². The van der Waals surface area contributed by atoms with Crippen LogP contribution in [0.5, 0.6) is 0 Å². The van der Waals surface area contributed by atoms with E-state index in [1.54, 1.807) is 0 Å². The Hall–Kier alpha value is -1.84. The summed E-state index contributed by atoms with van der Waals surface area (Å²) < 4.78 is 0. The van der Waals surface area contributed by atoms with Gasteiger partial charge in [-0.1, -0.05) is 25.1 Å². The Morgan fingerprint density at radius 3 is 2.83 bits per heavy atom. The third kappa shape index (κ3) is 1.52. The molecule has 0 radical (unpaired) electrons. The summed E-state index contributed by atoms with van der Waals surface area (Å²) in [6.45, 7) is 2.14. The summed E-state index contributed by atoms with van der Waals surface area (Å²) in [4.78, 5) is 23.3. The number of imide groups is 1. The Morgan fingerprint density at radius 2 is 2.17 bits per heavy atom. The molecule has 1 atom stereocenters. The molecule has 1 fully saturated rings. The molecule has 0 saturated carbocycles. The summed E-state index contributed by atoms with van der Waals surface area (Å²) in [6.07, 6.45) is 3.16. The molecule has 1 heterocycles. The molecule has 94 valence electrons. The van der Waals surface area contributed by atoms with Crippen LogP contribution < -0.4 is 10.6 Å². The summed E-state index contributed by atoms with van der Waals surface area (Å²) in [6, 6.07) is 5.87. The van der Waals surface area contributed by atoms with Crippen LogP contribution in [0.25, 0.3) is 0 Å². The van der Waals surface area contributed by atoms with E-state index in [1.165, 1.54) is 16.7 Å². The highest BCUT2D eigenvalue weighted by molar-refractivity contribution is 6.07. The molecule has 4 nitrogen and oxygen atoms in total. The Kier molecular flexibility index (Phi) is 2.40. The SMILES string of the molecule is CCc1cccc2c1CCC1(C2)NC(=O)NC1=O. The fourth-order valence-electron chi connectivity index (χ4n) is 3.09. The number of hydrogen-bond donors (Lipinski definition) is 2. The maximum Gasteiger partial charge on any atom is 0.322 e. The lowest BCUT2D eigenvalue weighted by Gasteiger charge is -2.32. The Morgan fingerprint density at radius 1 is 1.33 bits per heavy atom. The van der Waals surface area contributed by atoms with Gasteiger partial charge < -0.3 is 5.32 Å². The molecule has 2 N–H and O–H groups in total. The standard InChI is InChI=1S/C14H16N2O2/c1-2-9-4-3-5-10-8-14(7-6-11(9)10)12(17)15-13(18)16-14/h3-5H,2,6-8H2,1H3,(H2,15,16,17,18). The van der Waals surface area contributed by atoms with Crippen molar-refractivity contribution in [3.8, 4) is 0 Å². The van der Waals surface area contributed by atoms with Crippen molar-refractivity contribution in [1.82, 2.24) is 10.6 Å². The van der Waals surface area contributed by atoms with Gasteiger partial charge in [0, 0.05) is 6.42 Å². The van der Waals surface area contributed by atoms with Crippen molar-refractivity contribution in [2.75, 3.05) is 0 Å². The lowest BCUT2D eigenvalue weighted by molar-refractivity contribution is -0.124. The molecule has 1 aromatic rings. The molecule has 1 aromatic carbocycles. The molecule has 1 spiro atoms. The largest absolute Gasteiger partial charge is 0.323 e. The molecular formula is C14H16N2O2. The van der Waals surface area contributed by atoms with Gasteiger partial charge in [-0.2, -0.15) is 0 Å². The van der Waals surface area contributed by atoms with Crippen LogP contribution in [0.4, 0.5) is 4.79 Å². The van der Waals surface area contributed by atoms with E-state index in [0.29, 0.717) is 12.8 Å². The summed E-state index contributed by atoms with van der Waals surface area (Å²) >= 11 is 0. The highest BCUT2D eigenvalue weighted by atomic mass is 16.2. The molecule has 18 heavy (non-hydrogen) atoms. The molecule has 1 unspecified atom stereocenters. The number of hydrogen-bond acceptors (Lipinski definition) is 2. The summed E-state index contributed by atoms with van der Waals surface area (Å²) in [5, 5.41) is 5.15. The van der Waals surface area contributed by atoms with Gasteiger partial charge in [0.05, 0.1) is 0 Å². The van der Waals surface area contributed by atoms with Crippen molar-refractivity contribution in [2.24, 2.45) is 0 Å². The van der Waals surface area contributed by atoms with E-state index < -0.39 is 5.54 Å². The summed E-state index contributed by atoms with van der Waals surface area (Å²) in [5.74, 6) is -0.181. The van der Waals surface area contributed by atoms with Crippen molar-refractivity contribution in [3.05, 3.63) is 34.9 Å². The van der Waals surface area contributed by atoms with Crippen LogP contribution >= 0.6 is 0 Å². The molecule has 1 aliphatic heterocycles. The quantitative estimate of drug-likeness (QED) is 0.732. The van der Waals surface area contributed by atoms with Gasteiger partial charge in [0.2, 0.25) is 0 Å². The van der Waals surface area contributed by atoms with Gasteiger partial charge in [0.15, 0.2) is 0 Å². The van der Waals surface area contributed by atoms with Crippen LogP contribution in [0.2, 0.25) is 0 Å². The van der Waals surface area contributed by atoms with Crippen LogP contribution in [-0.2, 0) is 24.1 Å². The number of benzene rings is 1. The van der Waals surface area contributed by atoms with Gasteiger partial charge in [0.1, 0.15) is 5.54 Å². The predicted molar refractivity (Wildman–Crippen MR) is 67.3 cm³/mol. The Balaban J connectivity index is 1.99. The normalized spacial score (nSPS) is 25.8. The average molecular weight is 244 g/mol. The lowest BCUT2D eigenvalue weighted by Crippen LogP contribution is -2.51. The van der Waals surface area contributed by atoms with Crippen molar-refractivity contribution >= 4 is 11.9 Å². The maximum atomic E-state index is 11.9. The second-order valence-corrected chi connectivity index (χ2v) is 5.08. The van der Waals surface area contributed by atoms with Crippen LogP contribution in [0.15, 0.2) is 18.2 Å². The van der Waals surface area contributed by atoms with Gasteiger partial charge >= 0.3 is 6.03 Å². The number of nitrogens with one attached hydrogen (secondary N) is 2. The fourth-order valence-corrected chi connectivity index (χ4v) is 3.09. The average Bonchev–Trinajstić information content (AvgIpc) is 2.62. The maximum absolute atomic E-state index is 11.9. The van der Waals surface area contributed by atoms with E-state index in [-0.39, 0.29) is 11.9 Å². The van der Waals surface area contributed by atoms with E-state index in [9.17, 15) is 9.59 Å². The van der Waals surface area contributed by atoms with Gasteiger partial charge in [0.25, 0.3) is 5.91 Å². The molecule has 0 aromatic heterocycles. The molecule has 0 bridgehead atoms. The van der Waals surface area contributed by atoms with Crippen molar-refractivity contribution in [1.29, 1.82) is 0 Å². The summed E-state index contributed by atoms with van der Waals surface area (Å²) in [5.41, 5.74) is 3.20. The highest BCUT2D eigenvalue weighted by Crippen LogP contribution is 2.32. The van der Waals surface area contributed by atoms with E-state index in [1.807, 2.05) is 6.07 Å². The van der Waals surface area contributed by atoms with Crippen LogP contribution in [-0.4, -0.2) is 17.5 Å². The smallest absolute Gasteiger partial charge is 0.322 e. The monoisotopic (exact) mass is 244 g/mol. The summed E-state index contributed by atoms with van der Waals surface area (Å²) in [7, 11) is 0. The van der Waals surface area contributed by atoms with Gasteiger partial charge in [-0.05, 0) is 36.0 Å². The Bertz CT molecular complexity index is 539. The zero-order valence-corrected chi connectivity index (χ0v) is 10.4. The van der Waals surface area contributed by atoms with E-state index in [4.69, 9.17) is 0 Å². The molecule has 2 aliphatic rings. The number of carbonyl (C=O) groups is 2. The first-order valence-electron chi connectivity index (χ1n) is 6.38. The number of aryl methyl sites for hydroxylation is 1. The number of carbonyl (C=O) groups excluding carboxylic acids is 2. The number of rotatable bonds is 1. The third-order valence-corrected chi connectivity index (χ3v) is 4.06. The number of urea groups is 1. The second kappa shape index (κ2) is 3.83. The topological polar surface area (TPSA) is 58.2 Å². The lowest BCUT2D eigenvalue weighted by atomic mass is 9.76. The van der Waals surface area contributed by atoms with E-state index >= 15 is 0 Å². The minimum absolute atomic E-state index is 0.181. The molecule has 1 aliphatic carbocycles. The minimum atomic E-state index is -0.712. The molecule has 3 amide bonds. The highest BCUT2D eigenvalue weighted by Gasteiger charge is 2.47. The zero-order chi connectivity index (χ0) is 12.8. The zero-order valence-electron chi connectivity index (χ0n) is 10.4. The second-order valence-electron chi connectivity index (χ2n) is 5.08. The van der Waals surface area contributed by atoms with Crippen molar-refractivity contribution in [2.45, 2.75) is 38.1 Å². The minimum Gasteiger partial charge on any atom is -0.323 e. The van der Waals surface area contributed by atoms with Crippen molar-refractivity contribution < 1.29 is 9.59 Å². The van der Waals surface area contributed by atoms with Gasteiger partial charge in [-0.15, -0.1) is 0 Å². The predicted octanol–water partition coefficient (Wildman–Crippen LogP) is 1.32. The molecule has 1 saturated heterocycles. The third-order valence-electron chi connectivity index (χ3n) is 4.06. The Labute approximate surface area is 106 Å². The first-order valence-corrected chi connectivity index (χ1v) is 6.38. The van der Waals surface area contributed by atoms with E-state index in [2.05, 4.69) is 29.7 Å². The number of fused-ring (bicyclic) bond motifs is 1. The molecular weight excluding hydrogens is 228 g/mol. The van der Waals surface area contributed by atoms with E-state index in [0.717, 1.165) is 12.8 Å². The molecule has 4 heteroatoms.